The van der Waals surface area contributed by atoms with Crippen LogP contribution in [0, 0.1) is 0 Å². The van der Waals surface area contributed by atoms with Crippen LogP contribution in [0.5, 0.6) is 11.5 Å². The molecule has 0 saturated carbocycles. The molecule has 2 atom stereocenters. The number of halogens is 3. The van der Waals surface area contributed by atoms with Gasteiger partial charge in [0.25, 0.3) is 0 Å². The van der Waals surface area contributed by atoms with Gasteiger partial charge >= 0.3 is 5.51 Å². The van der Waals surface area contributed by atoms with E-state index in [1.165, 1.54) is 11.6 Å². The topological polar surface area (TPSA) is 41.5 Å². The Morgan fingerprint density at radius 1 is 0.886 bits per heavy atom. The minimum absolute atomic E-state index is 0.119. The van der Waals surface area contributed by atoms with Crippen LogP contribution in [-0.4, -0.2) is 23.3 Å². The van der Waals surface area contributed by atoms with E-state index < -0.39 is 17.7 Å². The number of benzene rings is 3. The summed E-state index contributed by atoms with van der Waals surface area (Å²) in [7, 11) is 0. The summed E-state index contributed by atoms with van der Waals surface area (Å²) in [6.45, 7) is 6.55. The number of hydrogen-bond acceptors (Lipinski definition) is 4. The summed E-state index contributed by atoms with van der Waals surface area (Å²) >= 11 is -0.133. The van der Waals surface area contributed by atoms with Gasteiger partial charge in [-0.2, -0.15) is 13.2 Å². The molecule has 0 aromatic heterocycles. The molecule has 3 nitrogen and oxygen atoms in total. The summed E-state index contributed by atoms with van der Waals surface area (Å²) < 4.78 is 45.0. The molecule has 0 heterocycles. The van der Waals surface area contributed by atoms with E-state index in [4.69, 9.17) is 4.74 Å². The predicted octanol–water partition coefficient (Wildman–Crippen LogP) is 8.05. The molecule has 0 saturated heterocycles. The Morgan fingerprint density at radius 2 is 1.46 bits per heavy atom. The Balaban J connectivity index is 1.90. The number of aliphatic hydroxyl groups is 1. The first-order valence-electron chi connectivity index (χ1n) is 11.8. The number of alkyl halides is 3. The lowest BCUT2D eigenvalue weighted by molar-refractivity contribution is -0.0328. The third kappa shape index (κ3) is 8.60. The standard InChI is InChI=1S/C28H32F3NO2S/c1-4-8-23(33)18-32-27(22-11-7-14-26(17-22)35-28(29,30)31)21-10-6-13-25(16-21)34-24-12-5-9-20(15-24)19(2)3/h5-7,9-17,19,23,27,32-33H,4,8,18H2,1-3H3. The van der Waals surface area contributed by atoms with Crippen molar-refractivity contribution < 1.29 is 23.0 Å². The highest BCUT2D eigenvalue weighted by Gasteiger charge is 2.29. The molecule has 0 spiro atoms. The Bertz CT molecular complexity index is 1090. The van der Waals surface area contributed by atoms with E-state index in [9.17, 15) is 18.3 Å². The third-order valence-corrected chi connectivity index (χ3v) is 6.28. The molecule has 0 aliphatic heterocycles. The quantitative estimate of drug-likeness (QED) is 0.260. The van der Waals surface area contributed by atoms with Crippen molar-refractivity contribution in [3.05, 3.63) is 89.5 Å². The average Bonchev–Trinajstić information content (AvgIpc) is 2.79. The second-order valence-electron chi connectivity index (χ2n) is 8.81. The van der Waals surface area contributed by atoms with Crippen molar-refractivity contribution in [3.8, 4) is 11.5 Å². The van der Waals surface area contributed by atoms with E-state index in [0.717, 1.165) is 17.7 Å². The molecule has 3 rings (SSSR count). The third-order valence-electron chi connectivity index (χ3n) is 5.56. The smallest absolute Gasteiger partial charge is 0.446 e. The lowest BCUT2D eigenvalue weighted by atomic mass is 9.98. The fourth-order valence-electron chi connectivity index (χ4n) is 3.84. The first-order chi connectivity index (χ1) is 16.6. The van der Waals surface area contributed by atoms with Crippen molar-refractivity contribution in [2.24, 2.45) is 0 Å². The van der Waals surface area contributed by atoms with E-state index >= 15 is 0 Å². The molecule has 0 amide bonds. The molecule has 3 aromatic rings. The first kappa shape index (κ1) is 27.1. The van der Waals surface area contributed by atoms with Crippen LogP contribution in [0.4, 0.5) is 13.2 Å². The Kier molecular flexibility index (Phi) is 9.66. The largest absolute Gasteiger partial charge is 0.457 e. The Hall–Kier alpha value is -2.48. The maximum atomic E-state index is 13.0. The second-order valence-corrected chi connectivity index (χ2v) is 9.94. The minimum Gasteiger partial charge on any atom is -0.457 e. The van der Waals surface area contributed by atoms with Gasteiger partial charge in [-0.1, -0.05) is 63.6 Å². The predicted molar refractivity (Wildman–Crippen MR) is 136 cm³/mol. The molecule has 35 heavy (non-hydrogen) atoms. The molecule has 7 heteroatoms. The minimum atomic E-state index is -4.36. The van der Waals surface area contributed by atoms with Crippen molar-refractivity contribution in [2.45, 2.75) is 62.1 Å². The lowest BCUT2D eigenvalue weighted by Gasteiger charge is -2.23. The zero-order chi connectivity index (χ0) is 25.4. The number of aliphatic hydroxyl groups excluding tert-OH is 1. The molecule has 188 valence electrons. The van der Waals surface area contributed by atoms with Crippen molar-refractivity contribution in [3.63, 3.8) is 0 Å². The fourth-order valence-corrected chi connectivity index (χ4v) is 4.45. The monoisotopic (exact) mass is 503 g/mol. The summed E-state index contributed by atoms with van der Waals surface area (Å²) in [5.74, 6) is 1.72. The van der Waals surface area contributed by atoms with Gasteiger partial charge in [0, 0.05) is 11.4 Å². The van der Waals surface area contributed by atoms with Crippen LogP contribution in [0.15, 0.2) is 77.7 Å². The molecule has 2 N–H and O–H groups in total. The van der Waals surface area contributed by atoms with Crippen LogP contribution >= 0.6 is 11.8 Å². The van der Waals surface area contributed by atoms with E-state index in [-0.39, 0.29) is 16.7 Å². The summed E-state index contributed by atoms with van der Waals surface area (Å²) in [4.78, 5) is 0.119. The van der Waals surface area contributed by atoms with Gasteiger partial charge in [0.15, 0.2) is 0 Å². The second kappa shape index (κ2) is 12.5. The summed E-state index contributed by atoms with van der Waals surface area (Å²) in [5, 5.41) is 13.6. The van der Waals surface area contributed by atoms with Gasteiger partial charge in [0.1, 0.15) is 11.5 Å². The summed E-state index contributed by atoms with van der Waals surface area (Å²) in [6, 6.07) is 21.4. The SMILES string of the molecule is CCCC(O)CNC(c1cccc(Oc2cccc(C(C)C)c2)c1)c1cccc(SC(F)(F)F)c1. The first-order valence-corrected chi connectivity index (χ1v) is 12.6. The zero-order valence-corrected chi connectivity index (χ0v) is 21.0. The number of ether oxygens (including phenoxy) is 1. The van der Waals surface area contributed by atoms with Crippen molar-refractivity contribution in [1.82, 2.24) is 5.32 Å². The van der Waals surface area contributed by atoms with Crippen LogP contribution < -0.4 is 10.1 Å². The molecular weight excluding hydrogens is 471 g/mol. The van der Waals surface area contributed by atoms with Gasteiger partial charge in [0.2, 0.25) is 0 Å². The highest BCUT2D eigenvalue weighted by atomic mass is 32.2. The number of nitrogens with one attached hydrogen (secondary N) is 1. The summed E-state index contributed by atoms with van der Waals surface area (Å²) in [5.41, 5.74) is -1.68. The van der Waals surface area contributed by atoms with Crippen LogP contribution in [-0.2, 0) is 0 Å². The summed E-state index contributed by atoms with van der Waals surface area (Å²) in [6.07, 6.45) is 0.927. The molecular formula is C28H32F3NO2S. The maximum absolute atomic E-state index is 13.0. The molecule has 0 fully saturated rings. The number of rotatable bonds is 11. The Labute approximate surface area is 209 Å². The molecule has 0 aliphatic rings. The van der Waals surface area contributed by atoms with Gasteiger partial charge in [-0.25, -0.2) is 0 Å². The highest BCUT2D eigenvalue weighted by molar-refractivity contribution is 8.00. The molecule has 0 bridgehead atoms. The normalized spacial score (nSPS) is 13.6. The van der Waals surface area contributed by atoms with Gasteiger partial charge in [-0.05, 0) is 77.2 Å². The van der Waals surface area contributed by atoms with Crippen molar-refractivity contribution in [2.75, 3.05) is 6.54 Å². The van der Waals surface area contributed by atoms with Crippen LogP contribution in [0.2, 0.25) is 0 Å². The van der Waals surface area contributed by atoms with E-state index in [2.05, 4.69) is 25.2 Å². The molecule has 2 unspecified atom stereocenters. The van der Waals surface area contributed by atoms with Gasteiger partial charge < -0.3 is 15.2 Å². The zero-order valence-electron chi connectivity index (χ0n) is 20.2. The lowest BCUT2D eigenvalue weighted by Crippen LogP contribution is -2.31. The average molecular weight is 504 g/mol. The van der Waals surface area contributed by atoms with Gasteiger partial charge in [-0.15, -0.1) is 0 Å². The van der Waals surface area contributed by atoms with Gasteiger partial charge in [0.05, 0.1) is 12.1 Å². The molecule has 3 aromatic carbocycles. The van der Waals surface area contributed by atoms with Crippen LogP contribution in [0.1, 0.15) is 62.3 Å². The van der Waals surface area contributed by atoms with E-state index in [1.54, 1.807) is 18.2 Å². The van der Waals surface area contributed by atoms with Crippen LogP contribution in [0.3, 0.4) is 0 Å². The van der Waals surface area contributed by atoms with Crippen LogP contribution in [0.25, 0.3) is 0 Å². The number of thioether (sulfide) groups is 1. The molecule has 0 radical (unpaired) electrons. The van der Waals surface area contributed by atoms with Crippen molar-refractivity contribution >= 4 is 11.8 Å². The Morgan fingerprint density at radius 3 is 2.06 bits per heavy atom. The van der Waals surface area contributed by atoms with Crippen molar-refractivity contribution in [1.29, 1.82) is 0 Å². The van der Waals surface area contributed by atoms with E-state index in [1.807, 2.05) is 49.4 Å². The van der Waals surface area contributed by atoms with E-state index in [0.29, 0.717) is 30.2 Å². The molecule has 0 aliphatic carbocycles. The van der Waals surface area contributed by atoms with Gasteiger partial charge in [-0.3, -0.25) is 0 Å². The fraction of sp³-hybridized carbons (Fsp3) is 0.357. The number of hydrogen-bond donors (Lipinski definition) is 2. The maximum Gasteiger partial charge on any atom is 0.446 e. The highest BCUT2D eigenvalue weighted by Crippen LogP contribution is 2.38.